The number of sulfonamides is 1. The lowest BCUT2D eigenvalue weighted by molar-refractivity contribution is 0.0732. The monoisotopic (exact) mass is 609 g/mol. The summed E-state index contributed by atoms with van der Waals surface area (Å²) in [7, 11) is -4.23. The van der Waals surface area contributed by atoms with Crippen LogP contribution in [0.2, 0.25) is 0 Å². The van der Waals surface area contributed by atoms with E-state index in [0.29, 0.717) is 27.1 Å². The predicted molar refractivity (Wildman–Crippen MR) is 135 cm³/mol. The number of rotatable bonds is 7. The number of esters is 1. The van der Waals surface area contributed by atoms with Crippen LogP contribution in [0.3, 0.4) is 0 Å². The molecule has 10 heteroatoms. The molecule has 178 valence electrons. The summed E-state index contributed by atoms with van der Waals surface area (Å²) in [6, 6.07) is 14.9. The molecular weight excluding hydrogens is 590 g/mol. The topological polar surface area (TPSA) is 113 Å². The Labute approximate surface area is 214 Å². The maximum Gasteiger partial charge on any atom is 0.343 e. The summed E-state index contributed by atoms with van der Waals surface area (Å²) in [4.78, 5) is 24.1. The standard InChI is InChI=1S/C24H21Br2NO6S/c1-13(2)17-11-16(9-10-20(17)33-24(29)15-7-5-4-6-8-15)32-22-19(25)12-18(14(3)28)23(21(22)26)34(27,30)31/h4-13H,1-3H3,(H2,27,30,31). The van der Waals surface area contributed by atoms with Crippen molar-refractivity contribution in [2.45, 2.75) is 31.6 Å². The van der Waals surface area contributed by atoms with E-state index < -0.39 is 21.8 Å². The zero-order valence-corrected chi connectivity index (χ0v) is 22.5. The number of ether oxygens (including phenoxy) is 2. The molecule has 0 bridgehead atoms. The molecular formula is C24H21Br2NO6S. The van der Waals surface area contributed by atoms with Gasteiger partial charge in [0.15, 0.2) is 11.5 Å². The molecule has 3 rings (SSSR count). The molecule has 7 nitrogen and oxygen atoms in total. The Hall–Kier alpha value is -2.53. The Morgan fingerprint density at radius 2 is 1.65 bits per heavy atom. The van der Waals surface area contributed by atoms with Crippen molar-refractivity contribution in [2.75, 3.05) is 0 Å². The fraction of sp³-hybridized carbons (Fsp3) is 0.167. The van der Waals surface area contributed by atoms with E-state index in [1.807, 2.05) is 19.9 Å². The third kappa shape index (κ3) is 5.75. The van der Waals surface area contributed by atoms with Gasteiger partial charge in [0.05, 0.1) is 14.5 Å². The van der Waals surface area contributed by atoms with Crippen molar-refractivity contribution in [3.05, 3.63) is 80.2 Å². The van der Waals surface area contributed by atoms with Gasteiger partial charge < -0.3 is 9.47 Å². The number of carbonyl (C=O) groups is 2. The highest BCUT2D eigenvalue weighted by atomic mass is 79.9. The van der Waals surface area contributed by atoms with Crippen LogP contribution in [0.4, 0.5) is 0 Å². The summed E-state index contributed by atoms with van der Waals surface area (Å²) in [5.74, 6) is -0.109. The third-order valence-corrected chi connectivity index (χ3v) is 7.43. The van der Waals surface area contributed by atoms with E-state index in [2.05, 4.69) is 31.9 Å². The van der Waals surface area contributed by atoms with Gasteiger partial charge in [0.1, 0.15) is 16.4 Å². The largest absolute Gasteiger partial charge is 0.455 e. The minimum atomic E-state index is -4.23. The second-order valence-electron chi connectivity index (χ2n) is 7.69. The molecule has 0 radical (unpaired) electrons. The smallest absolute Gasteiger partial charge is 0.343 e. The zero-order chi connectivity index (χ0) is 25.2. The minimum Gasteiger partial charge on any atom is -0.455 e. The Bertz CT molecular complexity index is 1370. The highest BCUT2D eigenvalue weighted by molar-refractivity contribution is 9.11. The lowest BCUT2D eigenvalue weighted by atomic mass is 10.0. The van der Waals surface area contributed by atoms with E-state index >= 15 is 0 Å². The van der Waals surface area contributed by atoms with Crippen LogP contribution in [0.5, 0.6) is 17.2 Å². The van der Waals surface area contributed by atoms with Crippen molar-refractivity contribution >= 4 is 53.6 Å². The van der Waals surface area contributed by atoms with E-state index in [4.69, 9.17) is 14.6 Å². The number of hydrogen-bond donors (Lipinski definition) is 1. The van der Waals surface area contributed by atoms with Crippen molar-refractivity contribution < 1.29 is 27.5 Å². The number of halogens is 2. The Morgan fingerprint density at radius 3 is 2.21 bits per heavy atom. The number of nitrogens with two attached hydrogens (primary N) is 1. The first-order chi connectivity index (χ1) is 15.9. The van der Waals surface area contributed by atoms with Gasteiger partial charge in [-0.2, -0.15) is 0 Å². The van der Waals surface area contributed by atoms with E-state index in [1.54, 1.807) is 42.5 Å². The van der Waals surface area contributed by atoms with Gasteiger partial charge in [-0.15, -0.1) is 0 Å². The second-order valence-corrected chi connectivity index (χ2v) is 10.8. The van der Waals surface area contributed by atoms with Crippen LogP contribution in [0.1, 0.15) is 53.0 Å². The SMILES string of the molecule is CC(=O)c1cc(Br)c(Oc2ccc(OC(=O)c3ccccc3)c(C(C)C)c2)c(Br)c1S(N)(=O)=O. The Balaban J connectivity index is 2.02. The molecule has 2 N–H and O–H groups in total. The first kappa shape index (κ1) is 26.1. The summed E-state index contributed by atoms with van der Waals surface area (Å²) >= 11 is 6.56. The van der Waals surface area contributed by atoms with Crippen molar-refractivity contribution in [3.63, 3.8) is 0 Å². The van der Waals surface area contributed by atoms with E-state index in [0.717, 1.165) is 0 Å². The van der Waals surface area contributed by atoms with E-state index in [-0.39, 0.29) is 26.6 Å². The first-order valence-electron chi connectivity index (χ1n) is 10.0. The maximum absolute atomic E-state index is 12.5. The van der Waals surface area contributed by atoms with Gasteiger partial charge in [0.25, 0.3) is 0 Å². The molecule has 34 heavy (non-hydrogen) atoms. The van der Waals surface area contributed by atoms with Crippen LogP contribution < -0.4 is 14.6 Å². The van der Waals surface area contributed by atoms with Crippen LogP contribution in [0, 0.1) is 0 Å². The molecule has 0 heterocycles. The Kier molecular flexibility index (Phi) is 7.97. The fourth-order valence-electron chi connectivity index (χ4n) is 3.20. The molecule has 0 aliphatic heterocycles. The highest BCUT2D eigenvalue weighted by Gasteiger charge is 2.27. The number of ketones is 1. The van der Waals surface area contributed by atoms with Crippen LogP contribution >= 0.6 is 31.9 Å². The number of carbonyl (C=O) groups excluding carboxylic acids is 2. The van der Waals surface area contributed by atoms with Gasteiger partial charge in [0, 0.05) is 11.1 Å². The second kappa shape index (κ2) is 10.4. The molecule has 0 saturated carbocycles. The lowest BCUT2D eigenvalue weighted by Crippen LogP contribution is -2.17. The van der Waals surface area contributed by atoms with Gasteiger partial charge in [-0.3, -0.25) is 4.79 Å². The number of Topliss-reactive ketones (excluding diaryl/α,β-unsaturated/α-hetero) is 1. The van der Waals surface area contributed by atoms with Crippen molar-refractivity contribution in [1.82, 2.24) is 0 Å². The lowest BCUT2D eigenvalue weighted by Gasteiger charge is -2.18. The molecule has 0 atom stereocenters. The molecule has 0 aliphatic carbocycles. The zero-order valence-electron chi connectivity index (χ0n) is 18.5. The summed E-state index contributed by atoms with van der Waals surface area (Å²) in [6.07, 6.45) is 0. The average molecular weight is 611 g/mol. The highest BCUT2D eigenvalue weighted by Crippen LogP contribution is 2.43. The van der Waals surface area contributed by atoms with Crippen LogP contribution in [-0.4, -0.2) is 20.2 Å². The molecule has 0 fully saturated rings. The molecule has 3 aromatic carbocycles. The first-order valence-corrected chi connectivity index (χ1v) is 13.2. The van der Waals surface area contributed by atoms with Gasteiger partial charge in [-0.05, 0) is 81.1 Å². The van der Waals surface area contributed by atoms with E-state index in [1.165, 1.54) is 13.0 Å². The number of hydrogen-bond acceptors (Lipinski definition) is 6. The minimum absolute atomic E-state index is 0.0141. The molecule has 0 aliphatic rings. The van der Waals surface area contributed by atoms with Gasteiger partial charge in [0.2, 0.25) is 10.0 Å². The quantitative estimate of drug-likeness (QED) is 0.194. The molecule has 0 amide bonds. The van der Waals surface area contributed by atoms with E-state index in [9.17, 15) is 18.0 Å². The van der Waals surface area contributed by atoms with Gasteiger partial charge >= 0.3 is 5.97 Å². The molecule has 0 spiro atoms. The average Bonchev–Trinajstić information content (AvgIpc) is 2.76. The van der Waals surface area contributed by atoms with Crippen LogP contribution in [-0.2, 0) is 10.0 Å². The van der Waals surface area contributed by atoms with Crippen molar-refractivity contribution in [1.29, 1.82) is 0 Å². The Morgan fingerprint density at radius 1 is 1.00 bits per heavy atom. The summed E-state index contributed by atoms with van der Waals surface area (Å²) < 4.78 is 36.3. The van der Waals surface area contributed by atoms with Crippen LogP contribution in [0.25, 0.3) is 0 Å². The fourth-order valence-corrected chi connectivity index (χ4v) is 6.01. The number of primary sulfonamides is 1. The summed E-state index contributed by atoms with van der Waals surface area (Å²) in [5, 5.41) is 5.36. The summed E-state index contributed by atoms with van der Waals surface area (Å²) in [5.41, 5.74) is 1.06. The van der Waals surface area contributed by atoms with Crippen molar-refractivity contribution in [3.8, 4) is 17.2 Å². The molecule has 0 aromatic heterocycles. The van der Waals surface area contributed by atoms with Gasteiger partial charge in [-0.1, -0.05) is 32.0 Å². The molecule has 0 unspecified atom stereocenters. The molecule has 3 aromatic rings. The third-order valence-electron chi connectivity index (χ3n) is 4.83. The van der Waals surface area contributed by atoms with Crippen molar-refractivity contribution in [2.24, 2.45) is 5.14 Å². The molecule has 0 saturated heterocycles. The van der Waals surface area contributed by atoms with Crippen LogP contribution in [0.15, 0.2) is 68.4 Å². The van der Waals surface area contributed by atoms with Gasteiger partial charge in [-0.25, -0.2) is 18.4 Å². The number of benzene rings is 3. The maximum atomic E-state index is 12.5. The normalized spacial score (nSPS) is 11.4. The summed E-state index contributed by atoms with van der Waals surface area (Å²) in [6.45, 7) is 5.12. The predicted octanol–water partition coefficient (Wildman–Crippen LogP) is 6.20.